The van der Waals surface area contributed by atoms with Crippen LogP contribution in [0.25, 0.3) is 0 Å². The van der Waals surface area contributed by atoms with Crippen molar-refractivity contribution in [2.24, 2.45) is 11.8 Å². The summed E-state index contributed by atoms with van der Waals surface area (Å²) in [6.07, 6.45) is 4.23. The zero-order valence-electron chi connectivity index (χ0n) is 16.2. The molecule has 0 radical (unpaired) electrons. The van der Waals surface area contributed by atoms with E-state index in [1.807, 2.05) is 84.9 Å². The molecule has 1 aliphatic heterocycles. The third kappa shape index (κ3) is 3.12. The van der Waals surface area contributed by atoms with Crippen molar-refractivity contribution in [3.63, 3.8) is 0 Å². The van der Waals surface area contributed by atoms with Crippen LogP contribution in [0.2, 0.25) is 0 Å². The van der Waals surface area contributed by atoms with E-state index in [-0.39, 0.29) is 23.7 Å². The molecular formula is C26H20BrNO2. The smallest absolute Gasteiger partial charge is 0.238 e. The van der Waals surface area contributed by atoms with Gasteiger partial charge in [0.25, 0.3) is 0 Å². The Morgan fingerprint density at radius 2 is 1.13 bits per heavy atom. The fourth-order valence-corrected chi connectivity index (χ4v) is 5.19. The molecule has 0 spiro atoms. The Hall–Kier alpha value is -2.98. The van der Waals surface area contributed by atoms with Crippen LogP contribution < -0.4 is 4.90 Å². The van der Waals surface area contributed by atoms with Gasteiger partial charge < -0.3 is 0 Å². The molecule has 30 heavy (non-hydrogen) atoms. The lowest BCUT2D eigenvalue weighted by Gasteiger charge is -2.32. The molecule has 148 valence electrons. The van der Waals surface area contributed by atoms with Crippen LogP contribution in [-0.2, 0) is 9.59 Å². The van der Waals surface area contributed by atoms with Crippen LogP contribution in [0, 0.1) is 11.8 Å². The molecule has 1 heterocycles. The molecule has 0 saturated carbocycles. The van der Waals surface area contributed by atoms with Crippen molar-refractivity contribution in [1.29, 1.82) is 0 Å². The normalized spacial score (nSPS) is 25.4. The van der Waals surface area contributed by atoms with Gasteiger partial charge in [0, 0.05) is 16.3 Å². The lowest BCUT2D eigenvalue weighted by Crippen LogP contribution is -2.31. The summed E-state index contributed by atoms with van der Waals surface area (Å²) in [7, 11) is 0. The summed E-state index contributed by atoms with van der Waals surface area (Å²) in [5.74, 6) is -1.33. The van der Waals surface area contributed by atoms with Gasteiger partial charge in [-0.15, -0.1) is 0 Å². The van der Waals surface area contributed by atoms with E-state index in [9.17, 15) is 9.59 Å². The van der Waals surface area contributed by atoms with Crippen LogP contribution in [0.1, 0.15) is 23.0 Å². The zero-order valence-corrected chi connectivity index (χ0v) is 17.8. The van der Waals surface area contributed by atoms with Crippen molar-refractivity contribution in [2.45, 2.75) is 11.8 Å². The molecule has 2 amide bonds. The van der Waals surface area contributed by atoms with E-state index in [0.717, 1.165) is 15.6 Å². The lowest BCUT2D eigenvalue weighted by atomic mass is 9.68. The summed E-state index contributed by atoms with van der Waals surface area (Å²) >= 11 is 3.46. The van der Waals surface area contributed by atoms with Gasteiger partial charge in [0.15, 0.2) is 0 Å². The molecule has 2 aliphatic rings. The Labute approximate surface area is 184 Å². The maximum atomic E-state index is 13.7. The van der Waals surface area contributed by atoms with E-state index in [4.69, 9.17) is 0 Å². The van der Waals surface area contributed by atoms with Crippen LogP contribution in [-0.4, -0.2) is 11.8 Å². The number of hydrogen-bond donors (Lipinski definition) is 0. The molecule has 3 nitrogen and oxygen atoms in total. The molecule has 0 bridgehead atoms. The second-order valence-electron chi connectivity index (χ2n) is 7.80. The van der Waals surface area contributed by atoms with E-state index < -0.39 is 11.8 Å². The van der Waals surface area contributed by atoms with Gasteiger partial charge >= 0.3 is 0 Å². The number of rotatable bonds is 3. The number of carbonyl (C=O) groups excluding carboxylic acids is 2. The minimum absolute atomic E-state index is 0.121. The van der Waals surface area contributed by atoms with E-state index in [1.165, 1.54) is 4.90 Å². The fourth-order valence-electron chi connectivity index (χ4n) is 4.80. The molecule has 5 rings (SSSR count). The highest BCUT2D eigenvalue weighted by atomic mass is 79.9. The number of fused-ring (bicyclic) bond motifs is 1. The molecule has 3 aromatic rings. The highest BCUT2D eigenvalue weighted by Gasteiger charge is 2.55. The van der Waals surface area contributed by atoms with E-state index in [2.05, 4.69) is 28.1 Å². The van der Waals surface area contributed by atoms with Crippen LogP contribution in [0.5, 0.6) is 0 Å². The first-order valence-electron chi connectivity index (χ1n) is 10.1. The van der Waals surface area contributed by atoms with Gasteiger partial charge in [0.2, 0.25) is 11.8 Å². The summed E-state index contributed by atoms with van der Waals surface area (Å²) in [4.78, 5) is 28.7. The first kappa shape index (κ1) is 19.0. The topological polar surface area (TPSA) is 37.4 Å². The van der Waals surface area contributed by atoms with Crippen LogP contribution in [0.4, 0.5) is 5.69 Å². The number of amides is 2. The molecule has 0 N–H and O–H groups in total. The van der Waals surface area contributed by atoms with Crippen LogP contribution in [0.15, 0.2) is 102 Å². The quantitative estimate of drug-likeness (QED) is 0.374. The molecule has 4 heteroatoms. The Balaban J connectivity index is 1.64. The first-order valence-corrected chi connectivity index (χ1v) is 10.9. The summed E-state index contributed by atoms with van der Waals surface area (Å²) < 4.78 is 0.841. The summed E-state index contributed by atoms with van der Waals surface area (Å²) in [6.45, 7) is 0. The number of nitrogens with zero attached hydrogens (tertiary/aromatic N) is 1. The number of halogens is 1. The second kappa shape index (κ2) is 7.69. The third-order valence-corrected chi connectivity index (χ3v) is 6.63. The maximum absolute atomic E-state index is 13.7. The molecular weight excluding hydrogens is 438 g/mol. The average Bonchev–Trinajstić information content (AvgIpc) is 3.05. The highest BCUT2D eigenvalue weighted by molar-refractivity contribution is 9.10. The van der Waals surface area contributed by atoms with E-state index in [1.54, 1.807) is 0 Å². The maximum Gasteiger partial charge on any atom is 0.238 e. The van der Waals surface area contributed by atoms with Crippen molar-refractivity contribution >= 4 is 33.4 Å². The number of carbonyl (C=O) groups is 2. The predicted octanol–water partition coefficient (Wildman–Crippen LogP) is 5.69. The monoisotopic (exact) mass is 457 g/mol. The molecule has 0 aromatic heterocycles. The van der Waals surface area contributed by atoms with Crippen LogP contribution in [0.3, 0.4) is 0 Å². The van der Waals surface area contributed by atoms with Crippen molar-refractivity contribution in [3.05, 3.63) is 113 Å². The van der Waals surface area contributed by atoms with Gasteiger partial charge in [0.1, 0.15) is 0 Å². The summed E-state index contributed by atoms with van der Waals surface area (Å²) in [6, 6.07) is 27.4. The largest absolute Gasteiger partial charge is 0.274 e. The number of hydrogen-bond acceptors (Lipinski definition) is 2. The molecule has 3 aromatic carbocycles. The highest BCUT2D eigenvalue weighted by Crippen LogP contribution is 2.50. The summed E-state index contributed by atoms with van der Waals surface area (Å²) in [5, 5.41) is 0. The van der Waals surface area contributed by atoms with Gasteiger partial charge in [0.05, 0.1) is 17.5 Å². The number of imide groups is 1. The molecule has 4 atom stereocenters. The predicted molar refractivity (Wildman–Crippen MR) is 121 cm³/mol. The van der Waals surface area contributed by atoms with Crippen molar-refractivity contribution in [3.8, 4) is 0 Å². The first-order chi connectivity index (χ1) is 14.6. The molecule has 1 aliphatic carbocycles. The summed E-state index contributed by atoms with van der Waals surface area (Å²) in [5.41, 5.74) is 2.74. The number of anilines is 1. The van der Waals surface area contributed by atoms with E-state index >= 15 is 0 Å². The lowest BCUT2D eigenvalue weighted by molar-refractivity contribution is -0.122. The van der Waals surface area contributed by atoms with Gasteiger partial charge in [-0.3, -0.25) is 9.59 Å². The van der Waals surface area contributed by atoms with Crippen molar-refractivity contribution in [1.82, 2.24) is 0 Å². The van der Waals surface area contributed by atoms with Gasteiger partial charge in [-0.05, 0) is 29.3 Å². The number of allylic oxidation sites excluding steroid dienone is 2. The molecule has 1 saturated heterocycles. The minimum atomic E-state index is -0.422. The SMILES string of the molecule is O=C1[C@H]2[C@H](C(=O)N1c1cccc(Br)c1)[C@@H](c1ccccc1)C=C[C@@H]2c1ccccc1. The van der Waals surface area contributed by atoms with Crippen molar-refractivity contribution < 1.29 is 9.59 Å². The fraction of sp³-hybridized carbons (Fsp3) is 0.154. The molecule has 0 unspecified atom stereocenters. The van der Waals surface area contributed by atoms with Crippen LogP contribution >= 0.6 is 15.9 Å². The Bertz CT molecular complexity index is 1060. The zero-order chi connectivity index (χ0) is 20.7. The van der Waals surface area contributed by atoms with E-state index in [0.29, 0.717) is 5.69 Å². The average molecular weight is 458 g/mol. The van der Waals surface area contributed by atoms with Crippen molar-refractivity contribution in [2.75, 3.05) is 4.90 Å². The Morgan fingerprint density at radius 1 is 0.633 bits per heavy atom. The molecule has 1 fully saturated rings. The minimum Gasteiger partial charge on any atom is -0.274 e. The Morgan fingerprint density at radius 3 is 1.60 bits per heavy atom. The Kier molecular flexibility index (Phi) is 4.87. The van der Waals surface area contributed by atoms with Gasteiger partial charge in [-0.1, -0.05) is 94.8 Å². The number of benzene rings is 3. The van der Waals surface area contributed by atoms with Gasteiger partial charge in [-0.25, -0.2) is 4.90 Å². The standard InChI is InChI=1S/C26H20BrNO2/c27-19-12-7-13-20(16-19)28-25(29)23-21(17-8-3-1-4-9-17)14-15-22(24(23)26(28)30)18-10-5-2-6-11-18/h1-16,21-24H/t21-,22-,23-,24-/m1/s1. The second-order valence-corrected chi connectivity index (χ2v) is 8.72. The third-order valence-electron chi connectivity index (χ3n) is 6.13. The van der Waals surface area contributed by atoms with Gasteiger partial charge in [-0.2, -0.15) is 0 Å².